The summed E-state index contributed by atoms with van der Waals surface area (Å²) in [7, 11) is -1.74. The van der Waals surface area contributed by atoms with Crippen LogP contribution in [0.5, 0.6) is 0 Å². The van der Waals surface area contributed by atoms with Gasteiger partial charge in [-0.05, 0) is 142 Å². The molecule has 0 unspecified atom stereocenters. The first-order chi connectivity index (χ1) is 18.2. The Bertz CT molecular complexity index is 861. The van der Waals surface area contributed by atoms with Gasteiger partial charge < -0.3 is 13.6 Å². The third-order valence-electron chi connectivity index (χ3n) is 13.1. The van der Waals surface area contributed by atoms with E-state index in [1.54, 1.807) is 0 Å². The third kappa shape index (κ3) is 6.15. The zero-order valence-electron chi connectivity index (χ0n) is 27.2. The lowest BCUT2D eigenvalue weighted by atomic mass is 9.43. The highest BCUT2D eigenvalue weighted by Gasteiger charge is 2.64. The van der Waals surface area contributed by atoms with Crippen LogP contribution in [-0.4, -0.2) is 41.9 Å². The van der Waals surface area contributed by atoms with Crippen molar-refractivity contribution in [2.75, 3.05) is 7.11 Å². The fourth-order valence-electron chi connectivity index (χ4n) is 10.1. The molecule has 0 amide bonds. The van der Waals surface area contributed by atoms with Gasteiger partial charge in [0.2, 0.25) is 0 Å². The maximum Gasteiger partial charge on any atom is 0.305 e. The van der Waals surface area contributed by atoms with Crippen LogP contribution >= 0.6 is 0 Å². The van der Waals surface area contributed by atoms with Crippen LogP contribution in [0.25, 0.3) is 0 Å². The van der Waals surface area contributed by atoms with Crippen molar-refractivity contribution in [3.63, 3.8) is 0 Å². The lowest BCUT2D eigenvalue weighted by molar-refractivity contribution is -0.169. The minimum Gasteiger partial charge on any atom is -0.469 e. The van der Waals surface area contributed by atoms with E-state index in [2.05, 4.69) is 60.8 Å². The van der Waals surface area contributed by atoms with Gasteiger partial charge in [0, 0.05) is 12.5 Å². The van der Waals surface area contributed by atoms with Crippen molar-refractivity contribution < 1.29 is 18.4 Å². The molecule has 0 aromatic carbocycles. The average molecular weight is 579 g/mol. The molecule has 0 spiro atoms. The first kappa shape index (κ1) is 31.8. The normalized spacial score (nSPS) is 41.3. The van der Waals surface area contributed by atoms with Crippen LogP contribution in [0, 0.1) is 46.3 Å². The summed E-state index contributed by atoms with van der Waals surface area (Å²) < 4.78 is 19.2. The number of ether oxygens (including phenoxy) is 1. The molecular formula is C33H62O4Si2. The highest BCUT2D eigenvalue weighted by Crippen LogP contribution is 2.69. The number of carbonyl (C=O) groups is 1. The van der Waals surface area contributed by atoms with Crippen LogP contribution in [0.4, 0.5) is 0 Å². The Morgan fingerprint density at radius 1 is 0.897 bits per heavy atom. The quantitative estimate of drug-likeness (QED) is 0.192. The number of rotatable bonds is 10. The van der Waals surface area contributed by atoms with Crippen molar-refractivity contribution in [2.24, 2.45) is 46.3 Å². The van der Waals surface area contributed by atoms with Gasteiger partial charge in [0.1, 0.15) is 0 Å². The smallest absolute Gasteiger partial charge is 0.305 e. The molecule has 4 saturated carbocycles. The van der Waals surface area contributed by atoms with Gasteiger partial charge in [-0.1, -0.05) is 34.6 Å². The van der Waals surface area contributed by atoms with E-state index in [1.807, 2.05) is 0 Å². The van der Waals surface area contributed by atoms with Crippen molar-refractivity contribution in [2.45, 2.75) is 149 Å². The summed E-state index contributed by atoms with van der Waals surface area (Å²) in [5.41, 5.74) is 0.645. The number of esters is 1. The molecule has 0 aromatic rings. The van der Waals surface area contributed by atoms with Crippen LogP contribution < -0.4 is 0 Å². The molecule has 0 heterocycles. The van der Waals surface area contributed by atoms with Crippen LogP contribution in [0.2, 0.25) is 38.3 Å². The second kappa shape index (κ2) is 11.8. The summed E-state index contributed by atoms with van der Waals surface area (Å²) in [6.07, 6.45) is 12.9. The molecule has 6 heteroatoms. The molecule has 0 N–H and O–H groups in total. The highest BCUT2D eigenvalue weighted by atomic mass is 28.4. The lowest BCUT2D eigenvalue weighted by Crippen LogP contribution is -2.61. The first-order valence-corrected chi connectivity index (χ1v) is 22.9. The minimum atomic E-state index is -1.73. The van der Waals surface area contributed by atoms with E-state index in [0.717, 1.165) is 30.1 Å². The fourth-order valence-corrected chi connectivity index (χ4v) is 12.6. The van der Waals surface area contributed by atoms with Gasteiger partial charge in [-0.15, -0.1) is 0 Å². The van der Waals surface area contributed by atoms with Crippen LogP contribution in [0.15, 0.2) is 0 Å². The topological polar surface area (TPSA) is 44.8 Å². The summed E-state index contributed by atoms with van der Waals surface area (Å²) in [4.78, 5) is 12.0. The number of fused-ring (bicyclic) bond motifs is 5. The maximum atomic E-state index is 12.0. The van der Waals surface area contributed by atoms with Gasteiger partial charge in [0.05, 0.1) is 13.2 Å². The van der Waals surface area contributed by atoms with Crippen molar-refractivity contribution in [1.82, 2.24) is 0 Å². The Hall–Kier alpha value is -0.176. The number of hydrogen-bond acceptors (Lipinski definition) is 4. The Morgan fingerprint density at radius 2 is 1.56 bits per heavy atom. The van der Waals surface area contributed by atoms with Gasteiger partial charge in [-0.25, -0.2) is 0 Å². The Labute approximate surface area is 243 Å². The molecule has 39 heavy (non-hydrogen) atoms. The molecule has 4 aliphatic rings. The monoisotopic (exact) mass is 578 g/mol. The number of carbonyl (C=O) groups excluding carboxylic acids is 1. The lowest BCUT2D eigenvalue weighted by Gasteiger charge is -2.64. The molecule has 0 bridgehead atoms. The molecule has 0 radical (unpaired) electrons. The predicted octanol–water partition coefficient (Wildman–Crippen LogP) is 9.06. The molecule has 4 aliphatic carbocycles. The summed E-state index contributed by atoms with van der Waals surface area (Å²) in [6, 6.07) is 2.39. The molecule has 4 fully saturated rings. The molecular weight excluding hydrogens is 517 g/mol. The zero-order chi connectivity index (χ0) is 28.8. The van der Waals surface area contributed by atoms with Crippen molar-refractivity contribution >= 4 is 22.6 Å². The van der Waals surface area contributed by atoms with E-state index in [-0.39, 0.29) is 11.4 Å². The molecule has 0 saturated heterocycles. The van der Waals surface area contributed by atoms with Gasteiger partial charge in [0.15, 0.2) is 16.6 Å². The summed E-state index contributed by atoms with van der Waals surface area (Å²) >= 11 is 0. The highest BCUT2D eigenvalue weighted by molar-refractivity contribution is 6.71. The molecule has 10 atom stereocenters. The zero-order valence-corrected chi connectivity index (χ0v) is 29.2. The summed E-state index contributed by atoms with van der Waals surface area (Å²) in [6.45, 7) is 22.1. The summed E-state index contributed by atoms with van der Waals surface area (Å²) in [5.74, 6) is 4.27. The number of methoxy groups -OCH3 is 1. The Morgan fingerprint density at radius 3 is 2.21 bits per heavy atom. The van der Waals surface area contributed by atoms with Crippen LogP contribution in [0.1, 0.15) is 98.8 Å². The van der Waals surface area contributed by atoms with E-state index < -0.39 is 16.6 Å². The SMILES string of the molecule is CC[Si](C)(C)O[C@@H]1CC[C@@]2(C)[C@H](CC[C@@H]3[C@@H]2C[C@@H](O[Si](C)(C)CC)[C@]2(C)[C@@H]([C@H](C)CCC(=O)OC)CC[C@@H]32)C1. The Balaban J connectivity index is 1.59. The van der Waals surface area contributed by atoms with Crippen molar-refractivity contribution in [1.29, 1.82) is 0 Å². The second-order valence-corrected chi connectivity index (χ2v) is 24.8. The fraction of sp³-hybridized carbons (Fsp3) is 0.970. The van der Waals surface area contributed by atoms with Crippen LogP contribution in [0.3, 0.4) is 0 Å². The first-order valence-electron chi connectivity index (χ1n) is 16.6. The number of hydrogen-bond donors (Lipinski definition) is 0. The van der Waals surface area contributed by atoms with E-state index in [9.17, 15) is 4.79 Å². The second-order valence-electron chi connectivity index (χ2n) is 15.9. The van der Waals surface area contributed by atoms with Gasteiger partial charge >= 0.3 is 5.97 Å². The van der Waals surface area contributed by atoms with Crippen molar-refractivity contribution in [3.8, 4) is 0 Å². The Kier molecular flexibility index (Phi) is 9.64. The molecule has 4 rings (SSSR count). The summed E-state index contributed by atoms with van der Waals surface area (Å²) in [5, 5.41) is 0. The van der Waals surface area contributed by atoms with Gasteiger partial charge in [-0.3, -0.25) is 4.79 Å². The van der Waals surface area contributed by atoms with E-state index >= 15 is 0 Å². The standard InChI is InChI=1S/C33H62O4Si2/c1-11-38(7,8)36-25-19-20-32(4)24(21-25)14-15-26-28-17-16-27(23(3)13-18-31(34)35-6)33(28,5)30(22-29(26)32)37-39(9,10)12-2/h23-30H,11-22H2,1-10H3/t23-,24-,25-,26+,27-,28+,29+,30-,32+,33-/m1/s1. The van der Waals surface area contributed by atoms with Crippen molar-refractivity contribution in [3.05, 3.63) is 0 Å². The van der Waals surface area contributed by atoms with Gasteiger partial charge in [-0.2, -0.15) is 0 Å². The largest absolute Gasteiger partial charge is 0.469 e. The maximum absolute atomic E-state index is 12.0. The molecule has 226 valence electrons. The average Bonchev–Trinajstić information content (AvgIpc) is 3.26. The molecule has 0 aliphatic heterocycles. The molecule has 0 aromatic heterocycles. The minimum absolute atomic E-state index is 0.0617. The van der Waals surface area contributed by atoms with Crippen LogP contribution in [-0.2, 0) is 18.4 Å². The molecule has 4 nitrogen and oxygen atoms in total. The van der Waals surface area contributed by atoms with E-state index in [0.29, 0.717) is 35.9 Å². The third-order valence-corrected chi connectivity index (χ3v) is 18.4. The van der Waals surface area contributed by atoms with E-state index in [1.165, 1.54) is 70.6 Å². The van der Waals surface area contributed by atoms with Gasteiger partial charge in [0.25, 0.3) is 0 Å². The van der Waals surface area contributed by atoms with E-state index in [4.69, 9.17) is 13.6 Å². The predicted molar refractivity (Wildman–Crippen MR) is 167 cm³/mol.